The summed E-state index contributed by atoms with van der Waals surface area (Å²) in [6, 6.07) is 0. The summed E-state index contributed by atoms with van der Waals surface area (Å²) in [6.45, 7) is 6.25. The van der Waals surface area contributed by atoms with Gasteiger partial charge in [0.1, 0.15) is 13.2 Å². The van der Waals surface area contributed by atoms with E-state index >= 15 is 0 Å². The van der Waals surface area contributed by atoms with Gasteiger partial charge in [-0.1, -0.05) is 200 Å². The zero-order valence-corrected chi connectivity index (χ0v) is 39.6. The first-order valence-corrected chi connectivity index (χ1v) is 24.6. The van der Waals surface area contributed by atoms with E-state index in [1.54, 1.807) is 0 Å². The van der Waals surface area contributed by atoms with Crippen LogP contribution in [-0.4, -0.2) is 37.2 Å². The van der Waals surface area contributed by atoms with E-state index in [9.17, 15) is 14.4 Å². The van der Waals surface area contributed by atoms with Crippen molar-refractivity contribution in [2.24, 2.45) is 0 Å². The first-order valence-electron chi connectivity index (χ1n) is 24.6. The fourth-order valence-electron chi connectivity index (χ4n) is 6.14. The molecule has 0 spiro atoms. The number of carbonyl (C=O) groups excluding carboxylic acids is 3. The number of hydrogen-bond acceptors (Lipinski definition) is 6. The van der Waals surface area contributed by atoms with Crippen LogP contribution in [0.5, 0.6) is 0 Å². The molecular weight excluding hydrogens is 769 g/mol. The highest BCUT2D eigenvalue weighted by atomic mass is 16.6. The Balaban J connectivity index is 4.58. The second-order valence-corrected chi connectivity index (χ2v) is 15.7. The smallest absolute Gasteiger partial charge is 0.306 e. The molecule has 0 N–H and O–H groups in total. The minimum atomic E-state index is -0.829. The minimum Gasteiger partial charge on any atom is -0.462 e. The van der Waals surface area contributed by atoms with E-state index in [1.807, 2.05) is 30.4 Å². The maximum absolute atomic E-state index is 12.8. The van der Waals surface area contributed by atoms with Crippen molar-refractivity contribution in [3.8, 4) is 0 Å². The van der Waals surface area contributed by atoms with Gasteiger partial charge in [-0.3, -0.25) is 14.4 Å². The van der Waals surface area contributed by atoms with E-state index in [2.05, 4.69) is 112 Å². The molecule has 348 valence electrons. The Hall–Kier alpha value is -4.19. The Morgan fingerprint density at radius 2 is 0.742 bits per heavy atom. The Morgan fingerprint density at radius 1 is 0.355 bits per heavy atom. The predicted octanol–water partition coefficient (Wildman–Crippen LogP) is 16.1. The molecule has 0 amide bonds. The summed E-state index contributed by atoms with van der Waals surface area (Å²) in [6.07, 6.45) is 67.6. The van der Waals surface area contributed by atoms with Crippen molar-refractivity contribution >= 4 is 17.9 Å². The highest BCUT2D eigenvalue weighted by Gasteiger charge is 2.19. The first kappa shape index (κ1) is 57.8. The van der Waals surface area contributed by atoms with Crippen molar-refractivity contribution in [1.82, 2.24) is 0 Å². The van der Waals surface area contributed by atoms with E-state index in [1.165, 1.54) is 38.5 Å². The topological polar surface area (TPSA) is 78.9 Å². The van der Waals surface area contributed by atoms with Gasteiger partial charge in [0.2, 0.25) is 0 Å². The zero-order valence-electron chi connectivity index (χ0n) is 39.6. The molecule has 6 heteroatoms. The summed E-state index contributed by atoms with van der Waals surface area (Å²) >= 11 is 0. The molecule has 0 saturated heterocycles. The summed E-state index contributed by atoms with van der Waals surface area (Å²) in [5.41, 5.74) is 0. The Morgan fingerprint density at radius 3 is 1.29 bits per heavy atom. The molecule has 1 unspecified atom stereocenters. The molecule has 0 aliphatic heterocycles. The Bertz CT molecular complexity index is 1350. The van der Waals surface area contributed by atoms with Gasteiger partial charge in [-0.2, -0.15) is 0 Å². The van der Waals surface area contributed by atoms with Gasteiger partial charge < -0.3 is 14.2 Å². The van der Waals surface area contributed by atoms with Crippen molar-refractivity contribution < 1.29 is 28.6 Å². The molecule has 0 bridgehead atoms. The van der Waals surface area contributed by atoms with Crippen LogP contribution in [0.15, 0.2) is 122 Å². The number of unbranched alkanes of at least 4 members (excludes halogenated alkanes) is 14. The lowest BCUT2D eigenvalue weighted by Gasteiger charge is -2.18. The predicted molar refractivity (Wildman–Crippen MR) is 265 cm³/mol. The fraction of sp³-hybridized carbons (Fsp3) is 0.589. The number of ether oxygens (including phenoxy) is 3. The van der Waals surface area contributed by atoms with Gasteiger partial charge in [0.05, 0.1) is 0 Å². The van der Waals surface area contributed by atoms with Crippen molar-refractivity contribution in [2.75, 3.05) is 13.2 Å². The second kappa shape index (κ2) is 49.5. The molecule has 0 aliphatic carbocycles. The molecule has 0 heterocycles. The van der Waals surface area contributed by atoms with Crippen LogP contribution in [0.1, 0.15) is 194 Å². The molecule has 0 saturated carbocycles. The number of carbonyl (C=O) groups is 3. The van der Waals surface area contributed by atoms with E-state index < -0.39 is 6.10 Å². The third kappa shape index (κ3) is 46.9. The molecule has 0 rings (SSSR count). The van der Waals surface area contributed by atoms with Gasteiger partial charge in [-0.15, -0.1) is 0 Å². The van der Waals surface area contributed by atoms with Gasteiger partial charge >= 0.3 is 17.9 Å². The Labute approximate surface area is 380 Å². The van der Waals surface area contributed by atoms with Gasteiger partial charge in [0.15, 0.2) is 6.10 Å². The monoisotopic (exact) mass is 857 g/mol. The summed E-state index contributed by atoms with van der Waals surface area (Å²) in [5.74, 6) is -1.06. The van der Waals surface area contributed by atoms with E-state index in [0.29, 0.717) is 12.8 Å². The van der Waals surface area contributed by atoms with Crippen LogP contribution in [0.25, 0.3) is 0 Å². The third-order valence-corrected chi connectivity index (χ3v) is 9.79. The van der Waals surface area contributed by atoms with Gasteiger partial charge in [0.25, 0.3) is 0 Å². The maximum atomic E-state index is 12.8. The van der Waals surface area contributed by atoms with Gasteiger partial charge in [0, 0.05) is 19.3 Å². The zero-order chi connectivity index (χ0) is 45.1. The summed E-state index contributed by atoms with van der Waals surface area (Å²) in [4.78, 5) is 37.9. The van der Waals surface area contributed by atoms with Crippen molar-refractivity contribution in [2.45, 2.75) is 200 Å². The normalized spacial score (nSPS) is 13.1. The second-order valence-electron chi connectivity index (χ2n) is 15.7. The molecule has 0 aromatic carbocycles. The van der Waals surface area contributed by atoms with E-state index in [4.69, 9.17) is 14.2 Å². The summed E-state index contributed by atoms with van der Waals surface area (Å²) in [5, 5.41) is 0. The van der Waals surface area contributed by atoms with Gasteiger partial charge in [-0.25, -0.2) is 0 Å². The van der Waals surface area contributed by atoms with E-state index in [-0.39, 0.29) is 44.0 Å². The third-order valence-electron chi connectivity index (χ3n) is 9.79. The standard InChI is InChI=1S/C56H88O6/c1-4-7-10-13-16-19-22-25-27-29-31-34-37-40-43-46-49-55(58)61-52-53(51-60-54(57)48-45-42-39-36-33-30-24-21-18-15-12-9-6-3)62-56(59)50-47-44-41-38-35-32-28-26-23-20-17-14-11-8-5-2/h7-8,10-11,14,16-17,19-20,23,25-28,30-31,33-34,39,42,53H,4-6,9,12-13,15,18,21-22,24,29,32,35-38,40-41,43-52H2,1-3H3/b10-7+,11-8+,17-14+,19-16+,23-20+,27-25+,28-26+,33-30+,34-31+,42-39+. The molecule has 0 aromatic rings. The molecule has 0 radical (unpaired) electrons. The number of hydrogen-bond donors (Lipinski definition) is 0. The number of esters is 3. The van der Waals surface area contributed by atoms with Crippen LogP contribution in [-0.2, 0) is 28.6 Å². The minimum absolute atomic E-state index is 0.125. The molecule has 0 fully saturated rings. The first-order chi connectivity index (χ1) is 30.5. The SMILES string of the molecule is CC/C=C/C=C/C=C/C=C/CCCCCCCC(=O)OC(COC(=O)CC/C=C/C/C=C/CCCCCCCC)COC(=O)CCCCC/C=C/C/C=C/C/C=C/C/C=C/CC. The summed E-state index contributed by atoms with van der Waals surface area (Å²) in [7, 11) is 0. The van der Waals surface area contributed by atoms with E-state index in [0.717, 1.165) is 109 Å². The van der Waals surface area contributed by atoms with Crippen molar-refractivity contribution in [3.05, 3.63) is 122 Å². The number of allylic oxidation sites excluding steroid dienone is 20. The molecule has 0 aliphatic rings. The lowest BCUT2D eigenvalue weighted by molar-refractivity contribution is -0.166. The molecular formula is C56H88O6. The molecule has 62 heavy (non-hydrogen) atoms. The quantitative estimate of drug-likeness (QED) is 0.0200. The lowest BCUT2D eigenvalue weighted by atomic mass is 10.1. The lowest BCUT2D eigenvalue weighted by Crippen LogP contribution is -2.30. The van der Waals surface area contributed by atoms with Crippen LogP contribution >= 0.6 is 0 Å². The highest BCUT2D eigenvalue weighted by molar-refractivity contribution is 5.71. The average molecular weight is 857 g/mol. The number of rotatable bonds is 42. The molecule has 0 aromatic heterocycles. The Kier molecular flexibility index (Phi) is 46.1. The molecule has 6 nitrogen and oxygen atoms in total. The van der Waals surface area contributed by atoms with Crippen LogP contribution in [0.3, 0.4) is 0 Å². The van der Waals surface area contributed by atoms with Crippen LogP contribution in [0.4, 0.5) is 0 Å². The van der Waals surface area contributed by atoms with Crippen LogP contribution in [0.2, 0.25) is 0 Å². The average Bonchev–Trinajstić information content (AvgIpc) is 3.27. The van der Waals surface area contributed by atoms with Gasteiger partial charge in [-0.05, 0) is 96.3 Å². The van der Waals surface area contributed by atoms with Crippen molar-refractivity contribution in [1.29, 1.82) is 0 Å². The largest absolute Gasteiger partial charge is 0.462 e. The summed E-state index contributed by atoms with van der Waals surface area (Å²) < 4.78 is 16.7. The van der Waals surface area contributed by atoms with Crippen LogP contribution < -0.4 is 0 Å². The molecule has 1 atom stereocenters. The van der Waals surface area contributed by atoms with Crippen LogP contribution in [0, 0.1) is 0 Å². The maximum Gasteiger partial charge on any atom is 0.306 e. The fourth-order valence-corrected chi connectivity index (χ4v) is 6.14. The highest BCUT2D eigenvalue weighted by Crippen LogP contribution is 2.12. The van der Waals surface area contributed by atoms with Crippen molar-refractivity contribution in [3.63, 3.8) is 0 Å².